The number of aromatic amines is 1. The molecule has 1 aromatic carbocycles. The second-order valence-corrected chi connectivity index (χ2v) is 5.29. The van der Waals surface area contributed by atoms with E-state index in [-0.39, 0.29) is 12.3 Å². The van der Waals surface area contributed by atoms with Gasteiger partial charge in [0.1, 0.15) is 0 Å². The molecule has 0 saturated carbocycles. The standard InChI is InChI=1S/C16H20N2O3/c1-3-16(4-2,10-14(19)20)18-15(21)12-5-6-13-11(9-12)7-8-17-13/h5-9,17H,3-4,10H2,1-2H3,(H,18,21)(H,19,20). The maximum absolute atomic E-state index is 12.4. The van der Waals surface area contributed by atoms with Gasteiger partial charge in [-0.3, -0.25) is 9.59 Å². The lowest BCUT2D eigenvalue weighted by Gasteiger charge is -2.31. The summed E-state index contributed by atoms with van der Waals surface area (Å²) in [7, 11) is 0. The number of fused-ring (bicyclic) bond motifs is 1. The van der Waals surface area contributed by atoms with Crippen LogP contribution in [0.2, 0.25) is 0 Å². The zero-order valence-electron chi connectivity index (χ0n) is 12.3. The lowest BCUT2D eigenvalue weighted by atomic mass is 9.88. The van der Waals surface area contributed by atoms with Crippen LogP contribution in [0, 0.1) is 0 Å². The Balaban J connectivity index is 2.23. The van der Waals surface area contributed by atoms with E-state index >= 15 is 0 Å². The second kappa shape index (κ2) is 5.99. The summed E-state index contributed by atoms with van der Waals surface area (Å²) < 4.78 is 0. The smallest absolute Gasteiger partial charge is 0.305 e. The molecule has 0 spiro atoms. The van der Waals surface area contributed by atoms with E-state index in [9.17, 15) is 9.59 Å². The SMILES string of the molecule is CCC(CC)(CC(=O)O)NC(=O)c1ccc2[nH]ccc2c1. The maximum atomic E-state index is 12.4. The maximum Gasteiger partial charge on any atom is 0.305 e. The summed E-state index contributed by atoms with van der Waals surface area (Å²) in [5.74, 6) is -1.14. The van der Waals surface area contributed by atoms with Crippen LogP contribution in [0.5, 0.6) is 0 Å². The molecule has 0 saturated heterocycles. The molecule has 21 heavy (non-hydrogen) atoms. The van der Waals surface area contributed by atoms with Gasteiger partial charge in [-0.1, -0.05) is 13.8 Å². The average Bonchev–Trinajstić information content (AvgIpc) is 2.93. The summed E-state index contributed by atoms with van der Waals surface area (Å²) in [5, 5.41) is 12.9. The summed E-state index contributed by atoms with van der Waals surface area (Å²) >= 11 is 0. The number of carboxylic acids is 1. The highest BCUT2D eigenvalue weighted by Gasteiger charge is 2.31. The molecule has 112 valence electrons. The van der Waals surface area contributed by atoms with Crippen LogP contribution in [0.1, 0.15) is 43.5 Å². The summed E-state index contributed by atoms with van der Waals surface area (Å²) in [6.07, 6.45) is 2.90. The van der Waals surface area contributed by atoms with Crippen LogP contribution in [0.3, 0.4) is 0 Å². The first-order valence-corrected chi connectivity index (χ1v) is 7.11. The van der Waals surface area contributed by atoms with Crippen LogP contribution in [0.4, 0.5) is 0 Å². The van der Waals surface area contributed by atoms with Crippen molar-refractivity contribution < 1.29 is 14.7 Å². The zero-order valence-corrected chi connectivity index (χ0v) is 12.3. The quantitative estimate of drug-likeness (QED) is 0.764. The number of carbonyl (C=O) groups is 2. The molecular formula is C16H20N2O3. The van der Waals surface area contributed by atoms with Crippen molar-refractivity contribution in [3.8, 4) is 0 Å². The van der Waals surface area contributed by atoms with Gasteiger partial charge < -0.3 is 15.4 Å². The number of carboxylic acid groups (broad SMARTS) is 1. The Morgan fingerprint density at radius 3 is 2.57 bits per heavy atom. The number of hydrogen-bond donors (Lipinski definition) is 3. The lowest BCUT2D eigenvalue weighted by Crippen LogP contribution is -2.49. The Morgan fingerprint density at radius 1 is 1.24 bits per heavy atom. The number of benzene rings is 1. The molecule has 5 heteroatoms. The first-order valence-electron chi connectivity index (χ1n) is 7.11. The molecular weight excluding hydrogens is 268 g/mol. The average molecular weight is 288 g/mol. The van der Waals surface area contributed by atoms with E-state index in [0.29, 0.717) is 18.4 Å². The second-order valence-electron chi connectivity index (χ2n) is 5.29. The van der Waals surface area contributed by atoms with Crippen LogP contribution in [-0.2, 0) is 4.79 Å². The van der Waals surface area contributed by atoms with Gasteiger partial charge in [0.2, 0.25) is 0 Å². The third-order valence-corrected chi connectivity index (χ3v) is 4.04. The van der Waals surface area contributed by atoms with Crippen molar-refractivity contribution in [1.82, 2.24) is 10.3 Å². The molecule has 2 rings (SSSR count). The number of aromatic nitrogens is 1. The highest BCUT2D eigenvalue weighted by atomic mass is 16.4. The monoisotopic (exact) mass is 288 g/mol. The van der Waals surface area contributed by atoms with Crippen LogP contribution >= 0.6 is 0 Å². The topological polar surface area (TPSA) is 82.2 Å². The Kier molecular flexibility index (Phi) is 4.31. The molecule has 0 radical (unpaired) electrons. The minimum Gasteiger partial charge on any atom is -0.481 e. The number of H-pyrrole nitrogens is 1. The largest absolute Gasteiger partial charge is 0.481 e. The Labute approximate surface area is 123 Å². The van der Waals surface area contributed by atoms with Crippen molar-refractivity contribution in [3.63, 3.8) is 0 Å². The minimum absolute atomic E-state index is 0.0713. The molecule has 0 aliphatic carbocycles. The number of rotatable bonds is 6. The highest BCUT2D eigenvalue weighted by Crippen LogP contribution is 2.21. The van der Waals surface area contributed by atoms with Gasteiger partial charge in [-0.2, -0.15) is 0 Å². The van der Waals surface area contributed by atoms with Crippen molar-refractivity contribution >= 4 is 22.8 Å². The van der Waals surface area contributed by atoms with E-state index in [0.717, 1.165) is 10.9 Å². The van der Waals surface area contributed by atoms with Gasteiger partial charge in [0.15, 0.2) is 0 Å². The first-order chi connectivity index (χ1) is 9.99. The molecule has 0 atom stereocenters. The molecule has 0 aliphatic rings. The van der Waals surface area contributed by atoms with Crippen molar-refractivity contribution in [1.29, 1.82) is 0 Å². The van der Waals surface area contributed by atoms with E-state index < -0.39 is 11.5 Å². The number of nitrogens with one attached hydrogen (secondary N) is 2. The van der Waals surface area contributed by atoms with Gasteiger partial charge in [0.25, 0.3) is 5.91 Å². The summed E-state index contributed by atoms with van der Waals surface area (Å²) in [6, 6.07) is 7.29. The van der Waals surface area contributed by atoms with Gasteiger partial charge in [0, 0.05) is 22.7 Å². The van der Waals surface area contributed by atoms with Crippen molar-refractivity contribution in [2.24, 2.45) is 0 Å². The molecule has 3 N–H and O–H groups in total. The predicted molar refractivity (Wildman–Crippen MR) is 81.3 cm³/mol. The third kappa shape index (κ3) is 3.24. The molecule has 0 bridgehead atoms. The molecule has 1 amide bonds. The normalized spacial score (nSPS) is 11.5. The summed E-state index contributed by atoms with van der Waals surface area (Å²) in [6.45, 7) is 3.78. The number of amides is 1. The zero-order chi connectivity index (χ0) is 15.5. The molecule has 1 aromatic heterocycles. The Bertz CT molecular complexity index is 656. The van der Waals surface area contributed by atoms with E-state index in [1.54, 1.807) is 12.1 Å². The fourth-order valence-electron chi connectivity index (χ4n) is 2.52. The number of hydrogen-bond acceptors (Lipinski definition) is 2. The molecule has 1 heterocycles. The van der Waals surface area contributed by atoms with Gasteiger partial charge in [-0.05, 0) is 37.1 Å². The fourth-order valence-corrected chi connectivity index (χ4v) is 2.52. The Morgan fingerprint density at radius 2 is 1.95 bits per heavy atom. The van der Waals surface area contributed by atoms with Crippen molar-refractivity contribution in [2.45, 2.75) is 38.6 Å². The molecule has 0 unspecified atom stereocenters. The van der Waals surface area contributed by atoms with E-state index in [4.69, 9.17) is 5.11 Å². The van der Waals surface area contributed by atoms with Crippen LogP contribution in [0.25, 0.3) is 10.9 Å². The van der Waals surface area contributed by atoms with Crippen molar-refractivity contribution in [2.75, 3.05) is 0 Å². The van der Waals surface area contributed by atoms with Gasteiger partial charge in [-0.25, -0.2) is 0 Å². The lowest BCUT2D eigenvalue weighted by molar-refractivity contribution is -0.138. The van der Waals surface area contributed by atoms with Gasteiger partial charge in [0.05, 0.1) is 12.0 Å². The summed E-state index contributed by atoms with van der Waals surface area (Å²) in [4.78, 5) is 26.5. The summed E-state index contributed by atoms with van der Waals surface area (Å²) in [5.41, 5.74) is 0.809. The molecule has 2 aromatic rings. The van der Waals surface area contributed by atoms with E-state index in [1.165, 1.54) is 0 Å². The molecule has 5 nitrogen and oxygen atoms in total. The minimum atomic E-state index is -0.903. The van der Waals surface area contributed by atoms with Crippen LogP contribution < -0.4 is 5.32 Å². The number of aliphatic carboxylic acids is 1. The van der Waals surface area contributed by atoms with E-state index in [1.807, 2.05) is 32.2 Å². The van der Waals surface area contributed by atoms with Crippen LogP contribution in [0.15, 0.2) is 30.5 Å². The highest BCUT2D eigenvalue weighted by molar-refractivity contribution is 5.98. The van der Waals surface area contributed by atoms with Gasteiger partial charge in [-0.15, -0.1) is 0 Å². The number of carbonyl (C=O) groups excluding carboxylic acids is 1. The first kappa shape index (κ1) is 15.1. The van der Waals surface area contributed by atoms with E-state index in [2.05, 4.69) is 10.3 Å². The fraction of sp³-hybridized carbons (Fsp3) is 0.375. The third-order valence-electron chi connectivity index (χ3n) is 4.04. The Hall–Kier alpha value is -2.30. The molecule has 0 fully saturated rings. The predicted octanol–water partition coefficient (Wildman–Crippen LogP) is 2.93. The van der Waals surface area contributed by atoms with Gasteiger partial charge >= 0.3 is 5.97 Å². The van der Waals surface area contributed by atoms with Crippen molar-refractivity contribution in [3.05, 3.63) is 36.0 Å². The molecule has 0 aliphatic heterocycles. The van der Waals surface area contributed by atoms with Crippen LogP contribution in [-0.4, -0.2) is 27.5 Å².